The van der Waals surface area contributed by atoms with Gasteiger partial charge in [-0.1, -0.05) is 0 Å². The number of methoxy groups -OCH3 is 2. The summed E-state index contributed by atoms with van der Waals surface area (Å²) in [5.41, 5.74) is 1.64. The third-order valence-electron chi connectivity index (χ3n) is 1.24. The van der Waals surface area contributed by atoms with Crippen LogP contribution in [0.5, 0.6) is 0 Å². The molecule has 0 radical (unpaired) electrons. The minimum absolute atomic E-state index is 0.264. The number of carbonyl (C=O) groups excluding carboxylic acids is 2. The zero-order valence-electron chi connectivity index (χ0n) is 6.86. The van der Waals surface area contributed by atoms with Crippen LogP contribution in [0.4, 0.5) is 0 Å². The number of carbonyl (C=O) groups is 2. The van der Waals surface area contributed by atoms with Gasteiger partial charge < -0.3 is 14.7 Å². The highest BCUT2D eigenvalue weighted by Gasteiger charge is 2.21. The molecule has 0 spiro atoms. The third kappa shape index (κ3) is 3.31. The first-order valence-electron chi connectivity index (χ1n) is 3.20. The maximum absolute atomic E-state index is 10.7. The van der Waals surface area contributed by atoms with Crippen molar-refractivity contribution in [3.8, 4) is 0 Å². The molecule has 0 heterocycles. The Hall–Kier alpha value is -1.14. The molecule has 0 aromatic heterocycles. The van der Waals surface area contributed by atoms with Crippen LogP contribution in [0.25, 0.3) is 0 Å². The monoisotopic (exact) mass is 177 g/mol. The Kier molecular flexibility index (Phi) is 4.98. The maximum atomic E-state index is 10.7. The molecule has 0 aliphatic rings. The molecule has 0 aromatic rings. The number of nitrogens with one attached hydrogen (secondary N) is 1. The summed E-state index contributed by atoms with van der Waals surface area (Å²) >= 11 is 0. The van der Waals surface area contributed by atoms with Crippen molar-refractivity contribution in [3.05, 3.63) is 0 Å². The average Bonchev–Trinajstić information content (AvgIpc) is 2.12. The topological polar surface area (TPSA) is 84.9 Å². The second kappa shape index (κ2) is 5.50. The van der Waals surface area contributed by atoms with E-state index in [-0.39, 0.29) is 6.42 Å². The van der Waals surface area contributed by atoms with Crippen molar-refractivity contribution < 1.29 is 24.3 Å². The fourth-order valence-corrected chi connectivity index (χ4v) is 0.574. The lowest BCUT2D eigenvalue weighted by Gasteiger charge is -2.10. The van der Waals surface area contributed by atoms with Gasteiger partial charge in [-0.25, -0.2) is 0 Å². The third-order valence-corrected chi connectivity index (χ3v) is 1.24. The molecule has 0 aliphatic heterocycles. The predicted octanol–water partition coefficient (Wildman–Crippen LogP) is -0.930. The van der Waals surface area contributed by atoms with Gasteiger partial charge >= 0.3 is 11.9 Å². The van der Waals surface area contributed by atoms with Crippen LogP contribution in [0.15, 0.2) is 0 Å². The van der Waals surface area contributed by atoms with E-state index in [1.807, 2.05) is 0 Å². The lowest BCUT2D eigenvalue weighted by atomic mass is 10.2. The van der Waals surface area contributed by atoms with Gasteiger partial charge in [-0.05, 0) is 0 Å². The van der Waals surface area contributed by atoms with Crippen LogP contribution in [0.3, 0.4) is 0 Å². The number of rotatable bonds is 4. The van der Waals surface area contributed by atoms with E-state index in [0.29, 0.717) is 0 Å². The number of hydrogen-bond donors (Lipinski definition) is 2. The summed E-state index contributed by atoms with van der Waals surface area (Å²) in [4.78, 5) is 21.4. The van der Waals surface area contributed by atoms with Crippen molar-refractivity contribution in [2.75, 3.05) is 14.2 Å². The Bertz CT molecular complexity index is 169. The molecule has 6 nitrogen and oxygen atoms in total. The zero-order chi connectivity index (χ0) is 9.56. The highest BCUT2D eigenvalue weighted by atomic mass is 16.5. The SMILES string of the molecule is COC(=O)CC(NO)C(=O)OC. The summed E-state index contributed by atoms with van der Waals surface area (Å²) in [5, 5.41) is 8.41. The van der Waals surface area contributed by atoms with Gasteiger partial charge in [-0.15, -0.1) is 0 Å². The average molecular weight is 177 g/mol. The van der Waals surface area contributed by atoms with Gasteiger partial charge in [0.15, 0.2) is 0 Å². The maximum Gasteiger partial charge on any atom is 0.325 e. The fourth-order valence-electron chi connectivity index (χ4n) is 0.574. The molecule has 0 bridgehead atoms. The second-order valence-corrected chi connectivity index (χ2v) is 1.99. The predicted molar refractivity (Wildman–Crippen MR) is 37.4 cm³/mol. The summed E-state index contributed by atoms with van der Waals surface area (Å²) in [6.07, 6.45) is -0.264. The van der Waals surface area contributed by atoms with Gasteiger partial charge in [-0.2, -0.15) is 5.48 Å². The second-order valence-electron chi connectivity index (χ2n) is 1.99. The van der Waals surface area contributed by atoms with Crippen molar-refractivity contribution in [2.45, 2.75) is 12.5 Å². The van der Waals surface area contributed by atoms with Crippen molar-refractivity contribution in [2.24, 2.45) is 0 Å². The van der Waals surface area contributed by atoms with Gasteiger partial charge in [0.05, 0.1) is 20.6 Å². The standard InChI is InChI=1S/C6H11NO5/c1-11-5(8)3-4(7-10)6(9)12-2/h4,7,10H,3H2,1-2H3. The molecule has 0 saturated heterocycles. The summed E-state index contributed by atoms with van der Waals surface area (Å²) in [6.45, 7) is 0. The summed E-state index contributed by atoms with van der Waals surface area (Å²) in [7, 11) is 2.35. The Morgan fingerprint density at radius 3 is 2.33 bits per heavy atom. The molecule has 0 saturated carbocycles. The molecule has 70 valence electrons. The van der Waals surface area contributed by atoms with Crippen LogP contribution < -0.4 is 5.48 Å². The number of hydroxylamine groups is 1. The molecule has 6 heteroatoms. The van der Waals surface area contributed by atoms with Gasteiger partial charge in [0.25, 0.3) is 0 Å². The van der Waals surface area contributed by atoms with E-state index in [2.05, 4.69) is 9.47 Å². The van der Waals surface area contributed by atoms with Crippen LogP contribution in [0.2, 0.25) is 0 Å². The quantitative estimate of drug-likeness (QED) is 0.426. The summed E-state index contributed by atoms with van der Waals surface area (Å²) in [5.74, 6) is -1.32. The molecule has 1 unspecified atom stereocenters. The Morgan fingerprint density at radius 2 is 2.00 bits per heavy atom. The van der Waals surface area contributed by atoms with Gasteiger partial charge in [0, 0.05) is 0 Å². The number of ether oxygens (including phenoxy) is 2. The van der Waals surface area contributed by atoms with E-state index in [1.54, 1.807) is 5.48 Å². The van der Waals surface area contributed by atoms with Crippen LogP contribution in [0.1, 0.15) is 6.42 Å². The van der Waals surface area contributed by atoms with Crippen LogP contribution in [0, 0.1) is 0 Å². The molecular weight excluding hydrogens is 166 g/mol. The van der Waals surface area contributed by atoms with E-state index in [1.165, 1.54) is 7.11 Å². The highest BCUT2D eigenvalue weighted by Crippen LogP contribution is 1.95. The first-order chi connectivity index (χ1) is 5.65. The molecule has 0 rings (SSSR count). The van der Waals surface area contributed by atoms with E-state index in [4.69, 9.17) is 5.21 Å². The van der Waals surface area contributed by atoms with Crippen molar-refractivity contribution >= 4 is 11.9 Å². The highest BCUT2D eigenvalue weighted by molar-refractivity contribution is 5.82. The van der Waals surface area contributed by atoms with Gasteiger partial charge in [-0.3, -0.25) is 9.59 Å². The zero-order valence-corrected chi connectivity index (χ0v) is 6.86. The van der Waals surface area contributed by atoms with Crippen molar-refractivity contribution in [1.82, 2.24) is 5.48 Å². The van der Waals surface area contributed by atoms with Gasteiger partial charge in [0.2, 0.25) is 0 Å². The molecule has 0 aromatic carbocycles. The van der Waals surface area contributed by atoms with Crippen molar-refractivity contribution in [3.63, 3.8) is 0 Å². The lowest BCUT2D eigenvalue weighted by Crippen LogP contribution is -2.37. The Labute approximate surface area is 69.4 Å². The lowest BCUT2D eigenvalue weighted by molar-refractivity contribution is -0.152. The minimum Gasteiger partial charge on any atom is -0.469 e. The van der Waals surface area contributed by atoms with Gasteiger partial charge in [0.1, 0.15) is 6.04 Å². The van der Waals surface area contributed by atoms with E-state index in [0.717, 1.165) is 7.11 Å². The molecular formula is C6H11NO5. The number of esters is 2. The minimum atomic E-state index is -1.07. The van der Waals surface area contributed by atoms with Crippen LogP contribution >= 0.6 is 0 Å². The molecule has 2 N–H and O–H groups in total. The van der Waals surface area contributed by atoms with E-state index < -0.39 is 18.0 Å². The van der Waals surface area contributed by atoms with Crippen molar-refractivity contribution in [1.29, 1.82) is 0 Å². The van der Waals surface area contributed by atoms with E-state index in [9.17, 15) is 9.59 Å². The summed E-state index contributed by atoms with van der Waals surface area (Å²) < 4.78 is 8.56. The first kappa shape index (κ1) is 10.9. The largest absolute Gasteiger partial charge is 0.469 e. The molecule has 0 aliphatic carbocycles. The number of hydrogen-bond acceptors (Lipinski definition) is 6. The Balaban J connectivity index is 3.99. The smallest absolute Gasteiger partial charge is 0.325 e. The molecule has 0 fully saturated rings. The van der Waals surface area contributed by atoms with Crippen LogP contribution in [-0.4, -0.2) is 37.4 Å². The van der Waals surface area contributed by atoms with Crippen LogP contribution in [-0.2, 0) is 19.1 Å². The fraction of sp³-hybridized carbons (Fsp3) is 0.667. The molecule has 1 atom stereocenters. The molecule has 0 amide bonds. The summed E-state index contributed by atoms with van der Waals surface area (Å²) in [6, 6.07) is -1.07. The first-order valence-corrected chi connectivity index (χ1v) is 3.20. The normalized spacial score (nSPS) is 11.9. The van der Waals surface area contributed by atoms with E-state index >= 15 is 0 Å². The Morgan fingerprint density at radius 1 is 1.42 bits per heavy atom. The molecule has 12 heavy (non-hydrogen) atoms.